The lowest BCUT2D eigenvalue weighted by molar-refractivity contribution is -0.144. The minimum absolute atomic E-state index is 0.0189. The smallest absolute Gasteiger partial charge is 0.246 e. The van der Waals surface area contributed by atoms with Crippen molar-refractivity contribution >= 4 is 40.7 Å². The molecule has 11 heteroatoms. The highest BCUT2D eigenvalue weighted by Gasteiger charge is 2.44. The van der Waals surface area contributed by atoms with Gasteiger partial charge < -0.3 is 25.4 Å². The van der Waals surface area contributed by atoms with Crippen molar-refractivity contribution < 1.29 is 24.2 Å². The van der Waals surface area contributed by atoms with Crippen LogP contribution >= 0.6 is 22.9 Å². The average Bonchev–Trinajstić information content (AvgIpc) is 3.46. The molecule has 1 fully saturated rings. The molecular weight excluding hydrogens is 516 g/mol. The number of rotatable bonds is 10. The predicted octanol–water partition coefficient (Wildman–Crippen LogP) is 2.48. The number of nitrogens with zero attached hydrogens (tertiary/aromatic N) is 2. The fourth-order valence-corrected chi connectivity index (χ4v) is 5.12. The van der Waals surface area contributed by atoms with Gasteiger partial charge in [0.25, 0.3) is 0 Å². The maximum absolute atomic E-state index is 13.5. The zero-order valence-corrected chi connectivity index (χ0v) is 23.2. The molecule has 3 unspecified atom stereocenters. The topological polar surface area (TPSA) is 121 Å². The van der Waals surface area contributed by atoms with Gasteiger partial charge in [-0.3, -0.25) is 14.4 Å². The van der Waals surface area contributed by atoms with Crippen molar-refractivity contribution in [2.24, 2.45) is 5.41 Å². The first-order valence-electron chi connectivity index (χ1n) is 12.2. The van der Waals surface area contributed by atoms with Crippen molar-refractivity contribution in [3.8, 4) is 10.4 Å². The summed E-state index contributed by atoms with van der Waals surface area (Å²) in [6.45, 7) is 7.75. The summed E-state index contributed by atoms with van der Waals surface area (Å²) in [5.74, 6) is -0.959. The monoisotopic (exact) mass is 550 g/mol. The summed E-state index contributed by atoms with van der Waals surface area (Å²) in [6.07, 6.45) is -0.699. The average molecular weight is 551 g/mol. The maximum Gasteiger partial charge on any atom is 0.246 e. The van der Waals surface area contributed by atoms with Crippen molar-refractivity contribution in [1.29, 1.82) is 0 Å². The number of hydrogen-bond acceptors (Lipinski definition) is 7. The van der Waals surface area contributed by atoms with Gasteiger partial charge in [0.2, 0.25) is 17.7 Å². The quantitative estimate of drug-likeness (QED) is 0.309. The third-order valence-electron chi connectivity index (χ3n) is 6.17. The number of ether oxygens (including phenoxy) is 1. The molecule has 1 saturated heterocycles. The first-order chi connectivity index (χ1) is 17.5. The summed E-state index contributed by atoms with van der Waals surface area (Å²) >= 11 is 7.15. The second kappa shape index (κ2) is 12.8. The molecule has 0 spiro atoms. The van der Waals surface area contributed by atoms with Crippen molar-refractivity contribution in [2.45, 2.75) is 58.8 Å². The Labute approximate surface area is 226 Å². The van der Waals surface area contributed by atoms with Gasteiger partial charge in [-0.05, 0) is 23.5 Å². The van der Waals surface area contributed by atoms with Gasteiger partial charge in [0.15, 0.2) is 0 Å². The van der Waals surface area contributed by atoms with E-state index in [9.17, 15) is 19.5 Å². The summed E-state index contributed by atoms with van der Waals surface area (Å²) in [6, 6.07) is 6.13. The lowest BCUT2D eigenvalue weighted by Crippen LogP contribution is -2.58. The van der Waals surface area contributed by atoms with Crippen LogP contribution in [-0.4, -0.2) is 76.5 Å². The molecule has 0 bridgehead atoms. The number of nitrogens with one attached hydrogen (secondary N) is 2. The van der Waals surface area contributed by atoms with Gasteiger partial charge in [-0.25, -0.2) is 4.98 Å². The number of halogens is 1. The number of aromatic nitrogens is 1. The van der Waals surface area contributed by atoms with Crippen LogP contribution in [0.1, 0.15) is 38.4 Å². The van der Waals surface area contributed by atoms with Gasteiger partial charge in [0.05, 0.1) is 28.8 Å². The molecular formula is C26H35ClN4O5S. The van der Waals surface area contributed by atoms with Crippen molar-refractivity contribution in [2.75, 3.05) is 25.6 Å². The van der Waals surface area contributed by atoms with Gasteiger partial charge in [-0.2, -0.15) is 0 Å². The van der Waals surface area contributed by atoms with Crippen molar-refractivity contribution in [3.05, 3.63) is 41.0 Å². The number of aliphatic hydroxyl groups excluding tert-OH is 1. The van der Waals surface area contributed by atoms with Gasteiger partial charge in [-0.1, -0.05) is 45.0 Å². The van der Waals surface area contributed by atoms with Gasteiger partial charge in [-0.15, -0.1) is 22.9 Å². The van der Waals surface area contributed by atoms with Crippen LogP contribution in [0, 0.1) is 12.3 Å². The highest BCUT2D eigenvalue weighted by atomic mass is 35.5. The lowest BCUT2D eigenvalue weighted by Gasteiger charge is -2.35. The standard InChI is InChI=1S/C26H35ClN4O5S/c1-16-22(37-15-29-16)18-7-5-17(6-8-18)12-28-24(34)20-11-19(32)13-31(20)25(35)23(26(2,3)4)30-21(33)14-36-10-9-27/h5-8,15,19-20,23,32H,9-14H2,1-4H3,(H,28,34)(H,30,33). The van der Waals surface area contributed by atoms with Crippen LogP contribution in [0.4, 0.5) is 0 Å². The number of benzene rings is 1. The predicted molar refractivity (Wildman–Crippen MR) is 143 cm³/mol. The zero-order valence-electron chi connectivity index (χ0n) is 21.6. The summed E-state index contributed by atoms with van der Waals surface area (Å²) in [7, 11) is 0. The molecule has 0 radical (unpaired) electrons. The minimum atomic E-state index is -0.900. The van der Waals surface area contributed by atoms with E-state index >= 15 is 0 Å². The third kappa shape index (κ3) is 7.73. The summed E-state index contributed by atoms with van der Waals surface area (Å²) < 4.78 is 5.17. The molecule has 1 aliphatic rings. The number of amides is 3. The first-order valence-corrected chi connectivity index (χ1v) is 13.6. The largest absolute Gasteiger partial charge is 0.391 e. The SMILES string of the molecule is Cc1ncsc1-c1ccc(CNC(=O)C2CC(O)CN2C(=O)C(NC(=O)COCCCl)C(C)(C)C)cc1. The van der Waals surface area contributed by atoms with E-state index in [1.807, 2.05) is 57.5 Å². The van der Waals surface area contributed by atoms with E-state index in [4.69, 9.17) is 16.3 Å². The number of likely N-dealkylation sites (tertiary alicyclic amines) is 1. The molecule has 0 aliphatic carbocycles. The van der Waals surface area contributed by atoms with Gasteiger partial charge >= 0.3 is 0 Å². The second-order valence-corrected chi connectivity index (χ2v) is 11.4. The van der Waals surface area contributed by atoms with E-state index in [1.54, 1.807) is 11.3 Å². The Morgan fingerprint density at radius 3 is 2.57 bits per heavy atom. The normalized spacial score (nSPS) is 18.5. The molecule has 37 heavy (non-hydrogen) atoms. The number of hydrogen-bond donors (Lipinski definition) is 3. The first kappa shape index (κ1) is 29.0. The van der Waals surface area contributed by atoms with E-state index in [0.29, 0.717) is 0 Å². The van der Waals surface area contributed by atoms with Crippen molar-refractivity contribution in [3.63, 3.8) is 0 Å². The molecule has 3 atom stereocenters. The Morgan fingerprint density at radius 1 is 1.27 bits per heavy atom. The summed E-state index contributed by atoms with van der Waals surface area (Å²) in [5, 5.41) is 15.9. The third-order valence-corrected chi connectivity index (χ3v) is 7.30. The molecule has 3 N–H and O–H groups in total. The van der Waals surface area contributed by atoms with Gasteiger partial charge in [0.1, 0.15) is 18.7 Å². The molecule has 1 aromatic carbocycles. The fraction of sp³-hybridized carbons (Fsp3) is 0.538. The highest BCUT2D eigenvalue weighted by molar-refractivity contribution is 7.13. The number of alkyl halides is 1. The summed E-state index contributed by atoms with van der Waals surface area (Å²) in [5.41, 5.74) is 4.13. The second-order valence-electron chi connectivity index (χ2n) is 10.2. The molecule has 1 aromatic heterocycles. The Bertz CT molecular complexity index is 1090. The molecule has 202 valence electrons. The zero-order chi connectivity index (χ0) is 27.2. The fourth-order valence-electron chi connectivity index (χ4n) is 4.20. The van der Waals surface area contributed by atoms with Crippen LogP contribution in [0.3, 0.4) is 0 Å². The van der Waals surface area contributed by atoms with Gasteiger partial charge in [0, 0.05) is 25.4 Å². The minimum Gasteiger partial charge on any atom is -0.391 e. The number of β-amino-alcohol motifs (C(OH)–C–C–N with tert-alkyl or cyclic N) is 1. The van der Waals surface area contributed by atoms with Crippen LogP contribution in [0.2, 0.25) is 0 Å². The van der Waals surface area contributed by atoms with Crippen LogP contribution in [0.5, 0.6) is 0 Å². The number of aryl methyl sites for hydroxylation is 1. The van der Waals surface area contributed by atoms with E-state index < -0.39 is 35.4 Å². The molecule has 3 amide bonds. The van der Waals surface area contributed by atoms with Crippen molar-refractivity contribution in [1.82, 2.24) is 20.5 Å². The number of carbonyl (C=O) groups is 3. The van der Waals surface area contributed by atoms with Crippen LogP contribution in [0.25, 0.3) is 10.4 Å². The lowest BCUT2D eigenvalue weighted by atomic mass is 9.85. The van der Waals surface area contributed by atoms with Crippen LogP contribution in [0.15, 0.2) is 29.8 Å². The number of thiazole rings is 1. The van der Waals surface area contributed by atoms with Crippen LogP contribution in [-0.2, 0) is 25.7 Å². The van der Waals surface area contributed by atoms with Crippen LogP contribution < -0.4 is 10.6 Å². The Balaban J connectivity index is 1.65. The molecule has 9 nitrogen and oxygen atoms in total. The molecule has 2 heterocycles. The summed E-state index contributed by atoms with van der Waals surface area (Å²) in [4.78, 5) is 45.8. The molecule has 3 rings (SSSR count). The number of carbonyl (C=O) groups excluding carboxylic acids is 3. The molecule has 0 saturated carbocycles. The maximum atomic E-state index is 13.5. The molecule has 2 aromatic rings. The number of aliphatic hydroxyl groups is 1. The van der Waals surface area contributed by atoms with E-state index in [-0.39, 0.29) is 44.5 Å². The Hall–Kier alpha value is -2.53. The molecule has 1 aliphatic heterocycles. The van der Waals surface area contributed by atoms with E-state index in [2.05, 4.69) is 15.6 Å². The highest BCUT2D eigenvalue weighted by Crippen LogP contribution is 2.28. The van der Waals surface area contributed by atoms with E-state index in [1.165, 1.54) is 4.90 Å². The Morgan fingerprint density at radius 2 is 1.97 bits per heavy atom. The Kier molecular flexibility index (Phi) is 10.1. The van der Waals surface area contributed by atoms with E-state index in [0.717, 1.165) is 21.7 Å².